The van der Waals surface area contributed by atoms with E-state index < -0.39 is 11.6 Å². The van der Waals surface area contributed by atoms with E-state index in [0.29, 0.717) is 23.3 Å². The molecule has 4 nitrogen and oxygen atoms in total. The van der Waals surface area contributed by atoms with Gasteiger partial charge in [-0.25, -0.2) is 8.78 Å². The van der Waals surface area contributed by atoms with Crippen molar-refractivity contribution in [3.05, 3.63) is 59.5 Å². The van der Waals surface area contributed by atoms with E-state index in [1.807, 2.05) is 6.92 Å². The zero-order chi connectivity index (χ0) is 16.4. The number of halogens is 2. The summed E-state index contributed by atoms with van der Waals surface area (Å²) in [4.78, 5) is 12.3. The molecule has 1 amide bonds. The van der Waals surface area contributed by atoms with Crippen molar-refractivity contribution >= 4 is 17.0 Å². The molecule has 0 unspecified atom stereocenters. The Morgan fingerprint density at radius 1 is 1.26 bits per heavy atom. The summed E-state index contributed by atoms with van der Waals surface area (Å²) in [7, 11) is 0. The van der Waals surface area contributed by atoms with Gasteiger partial charge in [-0.05, 0) is 18.6 Å². The highest BCUT2D eigenvalue weighted by Crippen LogP contribution is 2.24. The number of amides is 1. The molecule has 0 fully saturated rings. The van der Waals surface area contributed by atoms with Crippen molar-refractivity contribution in [2.45, 2.75) is 19.9 Å². The Bertz CT molecular complexity index is 831. The van der Waals surface area contributed by atoms with E-state index in [4.69, 9.17) is 4.42 Å². The van der Waals surface area contributed by atoms with Crippen molar-refractivity contribution in [1.82, 2.24) is 9.88 Å². The van der Waals surface area contributed by atoms with Crippen molar-refractivity contribution in [3.8, 4) is 0 Å². The Kier molecular flexibility index (Phi) is 4.14. The van der Waals surface area contributed by atoms with Gasteiger partial charge in [-0.3, -0.25) is 4.79 Å². The fourth-order valence-corrected chi connectivity index (χ4v) is 2.51. The van der Waals surface area contributed by atoms with Gasteiger partial charge in [0.05, 0.1) is 18.3 Å². The maximum atomic E-state index is 13.9. The molecule has 0 aliphatic heterocycles. The van der Waals surface area contributed by atoms with Crippen LogP contribution >= 0.6 is 0 Å². The van der Waals surface area contributed by atoms with Gasteiger partial charge in [-0.1, -0.05) is 13.0 Å². The van der Waals surface area contributed by atoms with Crippen LogP contribution < -0.4 is 5.32 Å². The number of rotatable bonds is 5. The smallest absolute Gasteiger partial charge is 0.268 e. The van der Waals surface area contributed by atoms with E-state index in [9.17, 15) is 13.6 Å². The van der Waals surface area contributed by atoms with Crippen LogP contribution in [0, 0.1) is 11.6 Å². The van der Waals surface area contributed by atoms with Crippen LogP contribution in [-0.2, 0) is 6.54 Å². The first-order chi connectivity index (χ1) is 11.1. The molecule has 0 aliphatic rings. The second kappa shape index (κ2) is 6.24. The summed E-state index contributed by atoms with van der Waals surface area (Å²) in [6.07, 6.45) is 2.27. The van der Waals surface area contributed by atoms with Crippen molar-refractivity contribution in [2.75, 3.05) is 6.54 Å². The summed E-state index contributed by atoms with van der Waals surface area (Å²) in [5.41, 5.74) is 1.35. The standard InChI is InChI=1S/C17H16F2N2O2/c1-2-7-20-17(22)15-9-16-14(6-8-23-16)21(15)10-11-12(18)4-3-5-13(11)19/h3-6,8-9H,2,7,10H2,1H3,(H,20,22). The summed E-state index contributed by atoms with van der Waals surface area (Å²) in [6.45, 7) is 2.38. The third-order valence-corrected chi connectivity index (χ3v) is 3.67. The highest BCUT2D eigenvalue weighted by Gasteiger charge is 2.19. The van der Waals surface area contributed by atoms with Crippen LogP contribution in [-0.4, -0.2) is 17.0 Å². The third kappa shape index (κ3) is 2.84. The molecular formula is C17H16F2N2O2. The number of hydrogen-bond acceptors (Lipinski definition) is 2. The van der Waals surface area contributed by atoms with Crippen LogP contribution in [0.2, 0.25) is 0 Å². The van der Waals surface area contributed by atoms with Gasteiger partial charge in [0.2, 0.25) is 0 Å². The first kappa shape index (κ1) is 15.3. The molecule has 1 aromatic carbocycles. The molecule has 2 aromatic heterocycles. The molecule has 6 heteroatoms. The highest BCUT2D eigenvalue weighted by molar-refractivity contribution is 5.97. The van der Waals surface area contributed by atoms with Gasteiger partial charge >= 0.3 is 0 Å². The molecule has 0 bridgehead atoms. The predicted octanol–water partition coefficient (Wildman–Crippen LogP) is 3.70. The maximum absolute atomic E-state index is 13.9. The first-order valence-electron chi connectivity index (χ1n) is 7.39. The topological polar surface area (TPSA) is 47.2 Å². The molecule has 3 aromatic rings. The van der Waals surface area contributed by atoms with E-state index in [0.717, 1.165) is 6.42 Å². The normalized spacial score (nSPS) is 11.1. The number of carbonyl (C=O) groups excluding carboxylic acids is 1. The quantitative estimate of drug-likeness (QED) is 0.780. The molecule has 0 aliphatic carbocycles. The molecule has 23 heavy (non-hydrogen) atoms. The Morgan fingerprint density at radius 2 is 2.00 bits per heavy atom. The first-order valence-corrected chi connectivity index (χ1v) is 7.39. The maximum Gasteiger partial charge on any atom is 0.268 e. The summed E-state index contributed by atoms with van der Waals surface area (Å²) < 4.78 is 34.7. The Labute approximate surface area is 131 Å². The monoisotopic (exact) mass is 318 g/mol. The van der Waals surface area contributed by atoms with E-state index in [-0.39, 0.29) is 18.0 Å². The molecule has 0 saturated carbocycles. The molecule has 2 heterocycles. The Balaban J connectivity index is 2.04. The molecule has 0 radical (unpaired) electrons. The molecule has 1 N–H and O–H groups in total. The number of nitrogens with one attached hydrogen (secondary N) is 1. The van der Waals surface area contributed by atoms with Gasteiger partial charge in [0.1, 0.15) is 17.3 Å². The molecule has 120 valence electrons. The van der Waals surface area contributed by atoms with Gasteiger partial charge in [-0.15, -0.1) is 0 Å². The van der Waals surface area contributed by atoms with Crippen LogP contribution in [0.5, 0.6) is 0 Å². The van der Waals surface area contributed by atoms with Crippen molar-refractivity contribution in [2.24, 2.45) is 0 Å². The fraction of sp³-hybridized carbons (Fsp3) is 0.235. The second-order valence-corrected chi connectivity index (χ2v) is 5.24. The summed E-state index contributed by atoms with van der Waals surface area (Å²) in [6, 6.07) is 6.96. The largest absolute Gasteiger partial charge is 0.463 e. The van der Waals surface area contributed by atoms with Crippen LogP contribution in [0.25, 0.3) is 11.1 Å². The lowest BCUT2D eigenvalue weighted by Crippen LogP contribution is -2.26. The van der Waals surface area contributed by atoms with E-state index in [1.165, 1.54) is 24.5 Å². The zero-order valence-corrected chi connectivity index (χ0v) is 12.6. The number of aromatic nitrogens is 1. The van der Waals surface area contributed by atoms with E-state index >= 15 is 0 Å². The van der Waals surface area contributed by atoms with E-state index in [2.05, 4.69) is 5.32 Å². The lowest BCUT2D eigenvalue weighted by molar-refractivity contribution is 0.0945. The van der Waals surface area contributed by atoms with Gasteiger partial charge in [0, 0.05) is 24.2 Å². The number of nitrogens with zero attached hydrogens (tertiary/aromatic N) is 1. The van der Waals surface area contributed by atoms with E-state index in [1.54, 1.807) is 16.7 Å². The summed E-state index contributed by atoms with van der Waals surface area (Å²) >= 11 is 0. The number of hydrogen-bond donors (Lipinski definition) is 1. The minimum Gasteiger partial charge on any atom is -0.463 e. The molecule has 0 spiro atoms. The SMILES string of the molecule is CCCNC(=O)c1cc2occc2n1Cc1c(F)cccc1F. The number of furan rings is 1. The van der Waals surface area contributed by atoms with Gasteiger partial charge in [-0.2, -0.15) is 0 Å². The predicted molar refractivity (Wildman–Crippen MR) is 82.3 cm³/mol. The third-order valence-electron chi connectivity index (χ3n) is 3.67. The molecular weight excluding hydrogens is 302 g/mol. The highest BCUT2D eigenvalue weighted by atomic mass is 19.1. The number of benzene rings is 1. The number of carbonyl (C=O) groups is 1. The van der Waals surface area contributed by atoms with Crippen molar-refractivity contribution in [3.63, 3.8) is 0 Å². The van der Waals surface area contributed by atoms with Crippen molar-refractivity contribution in [1.29, 1.82) is 0 Å². The average Bonchev–Trinajstić information content (AvgIpc) is 3.10. The average molecular weight is 318 g/mol. The number of fused-ring (bicyclic) bond motifs is 1. The summed E-state index contributed by atoms with van der Waals surface area (Å²) in [5, 5.41) is 2.77. The van der Waals surface area contributed by atoms with Crippen LogP contribution in [0.1, 0.15) is 29.4 Å². The lowest BCUT2D eigenvalue weighted by Gasteiger charge is -2.11. The second-order valence-electron chi connectivity index (χ2n) is 5.24. The fourth-order valence-electron chi connectivity index (χ4n) is 2.51. The molecule has 0 atom stereocenters. The van der Waals surface area contributed by atoms with Crippen LogP contribution in [0.4, 0.5) is 8.78 Å². The van der Waals surface area contributed by atoms with Gasteiger partial charge < -0.3 is 14.3 Å². The van der Waals surface area contributed by atoms with Gasteiger partial charge in [0.15, 0.2) is 5.58 Å². The molecule has 3 rings (SSSR count). The minimum absolute atomic E-state index is 0.0869. The van der Waals surface area contributed by atoms with Crippen LogP contribution in [0.3, 0.4) is 0 Å². The lowest BCUT2D eigenvalue weighted by atomic mass is 10.2. The Morgan fingerprint density at radius 3 is 2.70 bits per heavy atom. The zero-order valence-electron chi connectivity index (χ0n) is 12.6. The van der Waals surface area contributed by atoms with Gasteiger partial charge in [0.25, 0.3) is 5.91 Å². The minimum atomic E-state index is -0.643. The van der Waals surface area contributed by atoms with Crippen LogP contribution in [0.15, 0.2) is 41.0 Å². The van der Waals surface area contributed by atoms with Crippen molar-refractivity contribution < 1.29 is 18.0 Å². The summed E-state index contributed by atoms with van der Waals surface area (Å²) in [5.74, 6) is -1.58. The Hall–Kier alpha value is -2.63. The molecule has 0 saturated heterocycles.